The van der Waals surface area contributed by atoms with Crippen LogP contribution in [0.4, 0.5) is 5.69 Å². The van der Waals surface area contributed by atoms with Crippen molar-refractivity contribution >= 4 is 23.4 Å². The zero-order chi connectivity index (χ0) is 23.3. The molecular weight excluding hydrogens is 414 g/mol. The molecule has 0 fully saturated rings. The molecule has 166 valence electrons. The normalized spacial score (nSPS) is 15.8. The van der Waals surface area contributed by atoms with Gasteiger partial charge in [0.25, 0.3) is 0 Å². The lowest BCUT2D eigenvalue weighted by molar-refractivity contribution is 0.456. The molecule has 4 aromatic carbocycles. The lowest BCUT2D eigenvalue weighted by Crippen LogP contribution is -2.12. The summed E-state index contributed by atoms with van der Waals surface area (Å²) in [4.78, 5) is 4.85. The molecule has 0 aromatic heterocycles. The number of benzene rings is 4. The van der Waals surface area contributed by atoms with Gasteiger partial charge in [-0.25, -0.2) is 0 Å². The topological polar surface area (TPSA) is 21.6 Å². The summed E-state index contributed by atoms with van der Waals surface area (Å²) in [5, 5.41) is 0. The summed E-state index contributed by atoms with van der Waals surface area (Å²) in [5.74, 6) is 1.70. The third kappa shape index (κ3) is 4.77. The van der Waals surface area contributed by atoms with Crippen molar-refractivity contribution < 1.29 is 4.74 Å². The van der Waals surface area contributed by atoms with Crippen LogP contribution in [-0.4, -0.2) is 6.21 Å². The van der Waals surface area contributed by atoms with Gasteiger partial charge in [0, 0.05) is 28.8 Å². The fourth-order valence-electron chi connectivity index (χ4n) is 4.12. The Labute approximate surface area is 201 Å². The minimum Gasteiger partial charge on any atom is -0.456 e. The number of allylic oxidation sites excluding steroid dienone is 2. The zero-order valence-electron chi connectivity index (χ0n) is 19.5. The Morgan fingerprint density at radius 1 is 0.647 bits per heavy atom. The van der Waals surface area contributed by atoms with Gasteiger partial charge in [0.1, 0.15) is 11.5 Å². The Bertz CT molecular complexity index is 1350. The highest BCUT2D eigenvalue weighted by Gasteiger charge is 2.27. The van der Waals surface area contributed by atoms with E-state index in [0.717, 1.165) is 33.9 Å². The average molecular weight is 442 g/mol. The van der Waals surface area contributed by atoms with Crippen LogP contribution >= 0.6 is 0 Å². The van der Waals surface area contributed by atoms with Crippen LogP contribution in [0, 0.1) is 13.8 Å². The first kappa shape index (κ1) is 21.7. The molecule has 0 aliphatic carbocycles. The standard InChI is InChI=1S/C32H27NO/c1-23-13-17-25(18-14-23)29-21-31(26-9-5-3-6-10-26)34-32(27-11-7-4-8-12-27)30(29)22-33-28-19-15-24(2)16-20-28/h3-22,29H,1-2H3. The third-order valence-corrected chi connectivity index (χ3v) is 6.04. The van der Waals surface area contributed by atoms with E-state index in [4.69, 9.17) is 9.73 Å². The van der Waals surface area contributed by atoms with E-state index in [0.29, 0.717) is 0 Å². The first-order valence-electron chi connectivity index (χ1n) is 11.6. The Morgan fingerprint density at radius 3 is 1.82 bits per heavy atom. The van der Waals surface area contributed by atoms with E-state index in [2.05, 4.69) is 80.6 Å². The fourth-order valence-corrected chi connectivity index (χ4v) is 4.12. The predicted molar refractivity (Wildman–Crippen MR) is 142 cm³/mol. The summed E-state index contributed by atoms with van der Waals surface area (Å²) in [6, 6.07) is 37.6. The molecule has 1 unspecified atom stereocenters. The first-order valence-corrected chi connectivity index (χ1v) is 11.6. The summed E-state index contributed by atoms with van der Waals surface area (Å²) in [5.41, 5.74) is 7.72. The second-order valence-electron chi connectivity index (χ2n) is 8.63. The van der Waals surface area contributed by atoms with Gasteiger partial charge in [-0.2, -0.15) is 0 Å². The molecule has 0 N–H and O–H groups in total. The first-order chi connectivity index (χ1) is 16.7. The van der Waals surface area contributed by atoms with E-state index < -0.39 is 0 Å². The molecule has 2 nitrogen and oxygen atoms in total. The lowest BCUT2D eigenvalue weighted by Gasteiger charge is -2.27. The van der Waals surface area contributed by atoms with Gasteiger partial charge in [0.15, 0.2) is 0 Å². The number of rotatable bonds is 5. The van der Waals surface area contributed by atoms with E-state index in [9.17, 15) is 0 Å². The van der Waals surface area contributed by atoms with Crippen molar-refractivity contribution in [3.8, 4) is 0 Å². The Morgan fingerprint density at radius 2 is 1.21 bits per heavy atom. The van der Waals surface area contributed by atoms with Crippen LogP contribution in [0.2, 0.25) is 0 Å². The van der Waals surface area contributed by atoms with Crippen LogP contribution in [-0.2, 0) is 4.74 Å². The fraction of sp³-hybridized carbons (Fsp3) is 0.0938. The highest BCUT2D eigenvalue weighted by Crippen LogP contribution is 2.41. The molecule has 4 aromatic rings. The monoisotopic (exact) mass is 441 g/mol. The van der Waals surface area contributed by atoms with Crippen molar-refractivity contribution in [2.24, 2.45) is 4.99 Å². The summed E-state index contributed by atoms with van der Waals surface area (Å²) >= 11 is 0. The van der Waals surface area contributed by atoms with Crippen LogP contribution in [0.25, 0.3) is 11.5 Å². The van der Waals surface area contributed by atoms with Crippen LogP contribution in [0.3, 0.4) is 0 Å². The number of ether oxygens (including phenoxy) is 1. The number of nitrogens with zero attached hydrogens (tertiary/aromatic N) is 1. The molecule has 0 saturated heterocycles. The minimum absolute atomic E-state index is 0.00830. The van der Waals surface area contributed by atoms with E-state index in [1.165, 1.54) is 16.7 Å². The maximum absolute atomic E-state index is 6.60. The van der Waals surface area contributed by atoms with Crippen LogP contribution in [0.1, 0.15) is 33.7 Å². The second kappa shape index (κ2) is 9.76. The summed E-state index contributed by atoms with van der Waals surface area (Å²) < 4.78 is 6.60. The molecule has 0 bridgehead atoms. The van der Waals surface area contributed by atoms with Crippen molar-refractivity contribution in [2.75, 3.05) is 0 Å². The van der Waals surface area contributed by atoms with Gasteiger partial charge in [0.05, 0.1) is 5.69 Å². The number of hydrogen-bond donors (Lipinski definition) is 0. The Balaban J connectivity index is 1.67. The van der Waals surface area contributed by atoms with Gasteiger partial charge in [-0.1, -0.05) is 108 Å². The molecule has 1 aliphatic heterocycles. The van der Waals surface area contributed by atoms with Crippen molar-refractivity contribution in [1.82, 2.24) is 0 Å². The predicted octanol–water partition coefficient (Wildman–Crippen LogP) is 8.27. The van der Waals surface area contributed by atoms with Crippen LogP contribution in [0.5, 0.6) is 0 Å². The van der Waals surface area contributed by atoms with E-state index >= 15 is 0 Å². The molecular formula is C32H27NO. The van der Waals surface area contributed by atoms with Gasteiger partial charge < -0.3 is 4.74 Å². The highest BCUT2D eigenvalue weighted by atomic mass is 16.5. The molecule has 1 aliphatic rings. The zero-order valence-corrected chi connectivity index (χ0v) is 19.5. The van der Waals surface area contributed by atoms with Crippen molar-refractivity contribution in [2.45, 2.75) is 19.8 Å². The summed E-state index contributed by atoms with van der Waals surface area (Å²) in [6.07, 6.45) is 4.18. The van der Waals surface area contributed by atoms with E-state index in [1.807, 2.05) is 54.7 Å². The highest BCUT2D eigenvalue weighted by molar-refractivity contribution is 5.95. The third-order valence-electron chi connectivity index (χ3n) is 6.04. The summed E-state index contributed by atoms with van der Waals surface area (Å²) in [6.45, 7) is 4.20. The molecule has 0 amide bonds. The van der Waals surface area contributed by atoms with Crippen LogP contribution < -0.4 is 0 Å². The molecule has 5 rings (SSSR count). The second-order valence-corrected chi connectivity index (χ2v) is 8.63. The van der Waals surface area contributed by atoms with E-state index in [-0.39, 0.29) is 5.92 Å². The van der Waals surface area contributed by atoms with Gasteiger partial charge in [-0.05, 0) is 37.6 Å². The number of aryl methyl sites for hydroxylation is 2. The maximum atomic E-state index is 6.60. The molecule has 0 radical (unpaired) electrons. The van der Waals surface area contributed by atoms with Crippen molar-refractivity contribution in [3.05, 3.63) is 149 Å². The number of hydrogen-bond acceptors (Lipinski definition) is 2. The number of aliphatic imine (C=N–C) groups is 1. The Kier molecular flexibility index (Phi) is 6.22. The quantitative estimate of drug-likeness (QED) is 0.286. The average Bonchev–Trinajstić information content (AvgIpc) is 2.89. The van der Waals surface area contributed by atoms with Gasteiger partial charge in [-0.3, -0.25) is 4.99 Å². The maximum Gasteiger partial charge on any atom is 0.140 e. The lowest BCUT2D eigenvalue weighted by atomic mass is 9.86. The smallest absolute Gasteiger partial charge is 0.140 e. The largest absolute Gasteiger partial charge is 0.456 e. The van der Waals surface area contributed by atoms with E-state index in [1.54, 1.807) is 0 Å². The van der Waals surface area contributed by atoms with Crippen LogP contribution in [0.15, 0.2) is 126 Å². The minimum atomic E-state index is 0.00830. The molecule has 34 heavy (non-hydrogen) atoms. The summed E-state index contributed by atoms with van der Waals surface area (Å²) in [7, 11) is 0. The molecule has 1 atom stereocenters. The molecule has 2 heteroatoms. The molecule has 1 heterocycles. The van der Waals surface area contributed by atoms with Gasteiger partial charge >= 0.3 is 0 Å². The van der Waals surface area contributed by atoms with Gasteiger partial charge in [-0.15, -0.1) is 0 Å². The van der Waals surface area contributed by atoms with Crippen molar-refractivity contribution in [3.63, 3.8) is 0 Å². The van der Waals surface area contributed by atoms with Gasteiger partial charge in [0.2, 0.25) is 0 Å². The Hall–Kier alpha value is -4.17. The molecule has 0 saturated carbocycles. The molecule has 0 spiro atoms. The van der Waals surface area contributed by atoms with Crippen molar-refractivity contribution in [1.29, 1.82) is 0 Å². The SMILES string of the molecule is Cc1ccc(N=CC2=C(c3ccccc3)OC(c3ccccc3)=CC2c2ccc(C)cc2)cc1.